The molecule has 2 N–H and O–H groups in total. The standard InChI is InChI=1S/C25H19ClIN5O2/c1-34-19-9-5-8-17(14-19)24-28-21-20(15-10-12-18(26)13-11-15)29-30-22(21)23(27)32(24)31-25(33)16-6-3-2-4-7-16/h2-14,23H,1H3,(H,29,30)(H,31,33). The van der Waals surface area contributed by atoms with Crippen LogP contribution in [0.5, 0.6) is 5.75 Å². The van der Waals surface area contributed by atoms with E-state index in [1.807, 2.05) is 66.7 Å². The largest absolute Gasteiger partial charge is 0.497 e. The van der Waals surface area contributed by atoms with Crippen molar-refractivity contribution in [1.29, 1.82) is 0 Å². The number of H-pyrrole nitrogens is 1. The van der Waals surface area contributed by atoms with Gasteiger partial charge in [0.25, 0.3) is 5.91 Å². The lowest BCUT2D eigenvalue weighted by Crippen LogP contribution is -2.48. The molecule has 1 aromatic heterocycles. The van der Waals surface area contributed by atoms with Gasteiger partial charge < -0.3 is 4.74 Å². The van der Waals surface area contributed by atoms with Crippen LogP contribution in [0.1, 0.15) is 25.7 Å². The van der Waals surface area contributed by atoms with Crippen LogP contribution in [-0.2, 0) is 0 Å². The molecule has 1 aliphatic heterocycles. The number of carbonyl (C=O) groups excluding carboxylic acids is 1. The van der Waals surface area contributed by atoms with Crippen molar-refractivity contribution in [3.05, 3.63) is 101 Å². The van der Waals surface area contributed by atoms with Crippen LogP contribution in [0.2, 0.25) is 5.02 Å². The van der Waals surface area contributed by atoms with Gasteiger partial charge in [0.1, 0.15) is 21.2 Å². The van der Waals surface area contributed by atoms with Crippen molar-refractivity contribution in [1.82, 2.24) is 20.6 Å². The van der Waals surface area contributed by atoms with Crippen molar-refractivity contribution >= 4 is 51.6 Å². The number of alkyl halides is 1. The zero-order chi connectivity index (χ0) is 23.7. The van der Waals surface area contributed by atoms with Crippen LogP contribution in [0, 0.1) is 0 Å². The first-order chi connectivity index (χ1) is 16.5. The number of benzene rings is 3. The third-order valence-corrected chi connectivity index (χ3v) is 6.81. The van der Waals surface area contributed by atoms with Gasteiger partial charge in [-0.05, 0) is 59.0 Å². The highest BCUT2D eigenvalue weighted by atomic mass is 127. The number of rotatable bonds is 5. The predicted octanol–water partition coefficient (Wildman–Crippen LogP) is 5.91. The second-order valence-electron chi connectivity index (χ2n) is 7.52. The summed E-state index contributed by atoms with van der Waals surface area (Å²) in [6, 6.07) is 24.1. The third-order valence-electron chi connectivity index (χ3n) is 5.38. The third kappa shape index (κ3) is 4.26. The number of aromatic nitrogens is 2. The molecule has 0 aliphatic carbocycles. The van der Waals surface area contributed by atoms with Gasteiger partial charge in [0, 0.05) is 21.7 Å². The first-order valence-electron chi connectivity index (χ1n) is 10.4. The summed E-state index contributed by atoms with van der Waals surface area (Å²) >= 11 is 8.34. The van der Waals surface area contributed by atoms with E-state index in [0.717, 1.165) is 16.8 Å². The van der Waals surface area contributed by atoms with Crippen molar-refractivity contribution < 1.29 is 9.53 Å². The summed E-state index contributed by atoms with van der Waals surface area (Å²) in [6.45, 7) is 0. The monoisotopic (exact) mass is 583 g/mol. The van der Waals surface area contributed by atoms with Gasteiger partial charge in [-0.2, -0.15) is 5.10 Å². The van der Waals surface area contributed by atoms with Gasteiger partial charge in [0.05, 0.1) is 12.8 Å². The number of amidine groups is 1. The zero-order valence-electron chi connectivity index (χ0n) is 18.0. The minimum absolute atomic E-state index is 0.237. The molecule has 0 fully saturated rings. The number of carbonyl (C=O) groups is 1. The maximum atomic E-state index is 13.1. The predicted molar refractivity (Wildman–Crippen MR) is 141 cm³/mol. The van der Waals surface area contributed by atoms with E-state index in [9.17, 15) is 4.79 Å². The molecule has 5 rings (SSSR count). The number of fused-ring (bicyclic) bond motifs is 1. The number of aromatic amines is 1. The summed E-state index contributed by atoms with van der Waals surface area (Å²) in [7, 11) is 1.62. The van der Waals surface area contributed by atoms with E-state index >= 15 is 0 Å². The van der Waals surface area contributed by atoms with Gasteiger partial charge in [-0.25, -0.2) is 10.0 Å². The summed E-state index contributed by atoms with van der Waals surface area (Å²) in [6.07, 6.45) is 0. The van der Waals surface area contributed by atoms with Crippen LogP contribution in [0.3, 0.4) is 0 Å². The highest BCUT2D eigenvalue weighted by Crippen LogP contribution is 2.43. The topological polar surface area (TPSA) is 82.6 Å². The molecular weight excluding hydrogens is 565 g/mol. The normalized spacial score (nSPS) is 14.9. The Labute approximate surface area is 214 Å². The Hall–Kier alpha value is -3.37. The number of amides is 1. The molecule has 9 heteroatoms. The highest BCUT2D eigenvalue weighted by Gasteiger charge is 2.34. The van der Waals surface area contributed by atoms with Crippen LogP contribution >= 0.6 is 34.2 Å². The van der Waals surface area contributed by atoms with Gasteiger partial charge in [-0.1, -0.05) is 54.1 Å². The Kier molecular flexibility index (Phi) is 6.25. The fraction of sp³-hybridized carbons (Fsp3) is 0.0800. The van der Waals surface area contributed by atoms with E-state index in [1.165, 1.54) is 0 Å². The molecule has 7 nitrogen and oxygen atoms in total. The Morgan fingerprint density at radius 2 is 1.82 bits per heavy atom. The number of nitrogens with zero attached hydrogens (tertiary/aromatic N) is 3. The summed E-state index contributed by atoms with van der Waals surface area (Å²) in [5.74, 6) is 1.03. The summed E-state index contributed by atoms with van der Waals surface area (Å²) in [5.41, 5.74) is 7.46. The fourth-order valence-corrected chi connectivity index (χ4v) is 4.64. The number of hydrogen-bond acceptors (Lipinski definition) is 5. The number of hydrazine groups is 1. The molecule has 0 spiro atoms. The first kappa shape index (κ1) is 22.4. The van der Waals surface area contributed by atoms with Crippen LogP contribution in [-0.4, -0.2) is 34.1 Å². The van der Waals surface area contributed by atoms with Crippen LogP contribution < -0.4 is 10.2 Å². The van der Waals surface area contributed by atoms with Crippen LogP contribution in [0.4, 0.5) is 5.69 Å². The number of aliphatic imine (C=N–C) groups is 1. The van der Waals surface area contributed by atoms with Crippen LogP contribution in [0.15, 0.2) is 83.9 Å². The molecule has 4 aromatic rings. The number of nitrogens with one attached hydrogen (secondary N) is 2. The van der Waals surface area contributed by atoms with Crippen molar-refractivity contribution in [2.45, 2.75) is 4.05 Å². The first-order valence-corrected chi connectivity index (χ1v) is 12.0. The molecule has 3 aromatic carbocycles. The molecule has 0 saturated carbocycles. The molecule has 0 radical (unpaired) electrons. The van der Waals surface area contributed by atoms with E-state index in [1.54, 1.807) is 24.3 Å². The van der Waals surface area contributed by atoms with Crippen LogP contribution in [0.25, 0.3) is 11.3 Å². The molecule has 1 unspecified atom stereocenters. The summed E-state index contributed by atoms with van der Waals surface area (Å²) in [4.78, 5) is 18.0. The summed E-state index contributed by atoms with van der Waals surface area (Å²) < 4.78 is 5.12. The lowest BCUT2D eigenvalue weighted by molar-refractivity contribution is 0.0864. The molecule has 0 bridgehead atoms. The minimum atomic E-state index is -0.299. The number of methoxy groups -OCH3 is 1. The number of halogens is 2. The number of ether oxygens (including phenoxy) is 1. The van der Waals surface area contributed by atoms with Gasteiger partial charge >= 0.3 is 0 Å². The minimum Gasteiger partial charge on any atom is -0.497 e. The quantitative estimate of drug-likeness (QED) is 0.174. The Bertz CT molecular complexity index is 1370. The Morgan fingerprint density at radius 3 is 2.56 bits per heavy atom. The van der Waals surface area contributed by atoms with Crippen molar-refractivity contribution in [3.8, 4) is 17.0 Å². The molecule has 170 valence electrons. The van der Waals surface area contributed by atoms with Gasteiger partial charge in [-0.3, -0.25) is 15.3 Å². The van der Waals surface area contributed by atoms with Crippen molar-refractivity contribution in [2.24, 2.45) is 4.99 Å². The molecule has 0 saturated heterocycles. The van der Waals surface area contributed by atoms with Crippen molar-refractivity contribution in [3.63, 3.8) is 0 Å². The number of hydrogen-bond donors (Lipinski definition) is 2. The lowest BCUT2D eigenvalue weighted by atomic mass is 10.1. The zero-order valence-corrected chi connectivity index (χ0v) is 20.9. The Morgan fingerprint density at radius 1 is 1.06 bits per heavy atom. The maximum Gasteiger partial charge on any atom is 0.269 e. The maximum absolute atomic E-state index is 13.1. The lowest BCUT2D eigenvalue weighted by Gasteiger charge is -2.33. The molecule has 1 aliphatic rings. The summed E-state index contributed by atoms with van der Waals surface area (Å²) in [5, 5.41) is 10.0. The van der Waals surface area contributed by atoms with E-state index in [4.69, 9.17) is 21.3 Å². The average Bonchev–Trinajstić information content (AvgIpc) is 3.31. The van der Waals surface area contributed by atoms with Crippen molar-refractivity contribution in [2.75, 3.05) is 7.11 Å². The van der Waals surface area contributed by atoms with E-state index in [0.29, 0.717) is 33.6 Å². The molecular formula is C25H19ClIN5O2. The van der Waals surface area contributed by atoms with Gasteiger partial charge in [-0.15, -0.1) is 0 Å². The molecule has 1 amide bonds. The van der Waals surface area contributed by atoms with E-state index in [-0.39, 0.29) is 9.96 Å². The molecule has 34 heavy (non-hydrogen) atoms. The fourth-order valence-electron chi connectivity index (χ4n) is 3.67. The Balaban J connectivity index is 1.61. The SMILES string of the molecule is COc1cccc(C2=Nc3c(-c4ccc(Cl)cc4)n[nH]c3C(I)N2NC(=O)c2ccccc2)c1. The molecule has 1 atom stereocenters. The van der Waals surface area contributed by atoms with E-state index in [2.05, 4.69) is 38.2 Å². The highest BCUT2D eigenvalue weighted by molar-refractivity contribution is 14.1. The average molecular weight is 584 g/mol. The van der Waals surface area contributed by atoms with E-state index < -0.39 is 0 Å². The second kappa shape index (κ2) is 9.47. The van der Waals surface area contributed by atoms with Gasteiger partial charge in [0.15, 0.2) is 5.84 Å². The molecule has 2 heterocycles. The smallest absolute Gasteiger partial charge is 0.269 e. The second-order valence-corrected chi connectivity index (χ2v) is 9.14. The van der Waals surface area contributed by atoms with Gasteiger partial charge in [0.2, 0.25) is 0 Å².